The van der Waals surface area contributed by atoms with Gasteiger partial charge >= 0.3 is 5.97 Å². The van der Waals surface area contributed by atoms with Crippen molar-refractivity contribution in [3.05, 3.63) is 72.4 Å². The van der Waals surface area contributed by atoms with Crippen molar-refractivity contribution in [3.8, 4) is 5.75 Å². The molecule has 40 heavy (non-hydrogen) atoms. The van der Waals surface area contributed by atoms with Crippen molar-refractivity contribution in [2.75, 3.05) is 17.9 Å². The molecule has 0 radical (unpaired) electrons. The molecule has 0 spiro atoms. The molecule has 12 heteroatoms. The molecule has 0 atom stereocenters. The van der Waals surface area contributed by atoms with Gasteiger partial charge in [-0.05, 0) is 74.4 Å². The number of sulfonamides is 1. The molecular formula is C28H31N5O6S. The first kappa shape index (κ1) is 28.7. The minimum Gasteiger partial charge on any atom is -0.507 e. The Balaban J connectivity index is 1.38. The Bertz CT molecular complexity index is 1460. The van der Waals surface area contributed by atoms with E-state index in [-0.39, 0.29) is 39.7 Å². The lowest BCUT2D eigenvalue weighted by Gasteiger charge is -2.33. The van der Waals surface area contributed by atoms with Gasteiger partial charge in [0.15, 0.2) is 6.61 Å². The lowest BCUT2D eigenvalue weighted by Crippen LogP contribution is -2.43. The Morgan fingerprint density at radius 3 is 2.40 bits per heavy atom. The number of azo groups is 1. The minimum absolute atomic E-state index is 0.0199. The number of nitrogens with one attached hydrogen (secondary N) is 1. The van der Waals surface area contributed by atoms with Crippen LogP contribution < -0.4 is 4.72 Å². The second kappa shape index (κ2) is 13.2. The molecule has 1 heterocycles. The summed E-state index contributed by atoms with van der Waals surface area (Å²) in [6.07, 6.45) is 6.70. The number of nitrogens with zero attached hydrogens (tertiary/aromatic N) is 4. The summed E-state index contributed by atoms with van der Waals surface area (Å²) in [7, 11) is -3.83. The maximum absolute atomic E-state index is 12.7. The molecule has 1 aliphatic rings. The Morgan fingerprint density at radius 2 is 1.73 bits per heavy atom. The number of hydrogen-bond acceptors (Lipinski definition) is 9. The molecule has 1 saturated carbocycles. The van der Waals surface area contributed by atoms with Crippen LogP contribution in [0.4, 0.5) is 17.2 Å². The van der Waals surface area contributed by atoms with E-state index in [4.69, 9.17) is 4.74 Å². The first-order chi connectivity index (χ1) is 19.3. The molecule has 1 aromatic heterocycles. The number of phenolic OH excluding ortho intramolecular Hbond substituents is 1. The van der Waals surface area contributed by atoms with Gasteiger partial charge in [-0.25, -0.2) is 18.2 Å². The summed E-state index contributed by atoms with van der Waals surface area (Å²) in [5, 5.41) is 18.3. The van der Waals surface area contributed by atoms with Crippen molar-refractivity contribution in [2.45, 2.75) is 50.0 Å². The average Bonchev–Trinajstić information content (AvgIpc) is 2.97. The van der Waals surface area contributed by atoms with Gasteiger partial charge in [0, 0.05) is 18.8 Å². The number of esters is 1. The summed E-state index contributed by atoms with van der Waals surface area (Å²) in [4.78, 5) is 31.1. The molecule has 1 amide bonds. The number of aromatic nitrogens is 1. The second-order valence-electron chi connectivity index (χ2n) is 9.26. The molecule has 0 aliphatic heterocycles. The monoisotopic (exact) mass is 565 g/mol. The molecular weight excluding hydrogens is 534 g/mol. The number of ether oxygens (including phenoxy) is 1. The van der Waals surface area contributed by atoms with Crippen LogP contribution in [0.3, 0.4) is 0 Å². The summed E-state index contributed by atoms with van der Waals surface area (Å²) in [5.41, 5.74) is 0.468. The van der Waals surface area contributed by atoms with Crippen molar-refractivity contribution in [1.29, 1.82) is 0 Å². The molecule has 0 bridgehead atoms. The van der Waals surface area contributed by atoms with Crippen LogP contribution in [0.25, 0.3) is 0 Å². The fourth-order valence-corrected chi connectivity index (χ4v) is 5.50. The number of likely N-dealkylation sites (N-methyl/N-ethyl adjacent to an activating group) is 1. The predicted molar refractivity (Wildman–Crippen MR) is 148 cm³/mol. The summed E-state index contributed by atoms with van der Waals surface area (Å²) < 4.78 is 32.7. The fourth-order valence-electron chi connectivity index (χ4n) is 4.50. The van der Waals surface area contributed by atoms with E-state index in [2.05, 4.69) is 19.9 Å². The third-order valence-electron chi connectivity index (χ3n) is 6.54. The number of carbonyl (C=O) groups excluding carboxylic acids is 2. The molecule has 3 aromatic rings. The number of carbonyl (C=O) groups is 2. The van der Waals surface area contributed by atoms with Gasteiger partial charge in [-0.2, -0.15) is 10.2 Å². The van der Waals surface area contributed by atoms with Crippen LogP contribution in [-0.2, 0) is 19.6 Å². The third-order valence-corrected chi connectivity index (χ3v) is 7.91. The smallest absolute Gasteiger partial charge is 0.342 e. The van der Waals surface area contributed by atoms with Gasteiger partial charge in [-0.1, -0.05) is 25.3 Å². The summed E-state index contributed by atoms with van der Waals surface area (Å²) >= 11 is 0. The number of anilines is 1. The van der Waals surface area contributed by atoms with E-state index in [1.165, 1.54) is 61.1 Å². The van der Waals surface area contributed by atoms with Crippen LogP contribution in [0.1, 0.15) is 49.4 Å². The van der Waals surface area contributed by atoms with Crippen molar-refractivity contribution >= 4 is 39.1 Å². The van der Waals surface area contributed by atoms with Crippen LogP contribution in [0.15, 0.2) is 82.0 Å². The van der Waals surface area contributed by atoms with E-state index in [1.54, 1.807) is 17.0 Å². The molecule has 4 rings (SSSR count). The summed E-state index contributed by atoms with van der Waals surface area (Å²) in [5.74, 6) is -1.23. The largest absolute Gasteiger partial charge is 0.507 e. The highest BCUT2D eigenvalue weighted by Crippen LogP contribution is 2.27. The highest BCUT2D eigenvalue weighted by atomic mass is 32.2. The van der Waals surface area contributed by atoms with E-state index in [9.17, 15) is 23.1 Å². The van der Waals surface area contributed by atoms with E-state index in [0.29, 0.717) is 12.2 Å². The Labute approximate surface area is 233 Å². The quantitative estimate of drug-likeness (QED) is 0.249. The molecule has 11 nitrogen and oxygen atoms in total. The Morgan fingerprint density at radius 1 is 1.02 bits per heavy atom. The normalized spacial score (nSPS) is 14.1. The van der Waals surface area contributed by atoms with Gasteiger partial charge in [-0.3, -0.25) is 9.52 Å². The average molecular weight is 566 g/mol. The topological polar surface area (TPSA) is 151 Å². The predicted octanol–water partition coefficient (Wildman–Crippen LogP) is 5.34. The Kier molecular flexibility index (Phi) is 9.43. The minimum atomic E-state index is -3.83. The summed E-state index contributed by atoms with van der Waals surface area (Å²) in [6, 6.07) is 14.8. The SMILES string of the molecule is CCN(C(=O)COC(=O)c1cc(N=Nc2ccc(S(=O)(=O)Nc3ccccn3)cc2)ccc1O)C1CCCCC1. The third kappa shape index (κ3) is 7.41. The van der Waals surface area contributed by atoms with Crippen molar-refractivity contribution in [3.63, 3.8) is 0 Å². The molecule has 1 fully saturated rings. The number of amides is 1. The lowest BCUT2D eigenvalue weighted by molar-refractivity contribution is -0.137. The maximum Gasteiger partial charge on any atom is 0.342 e. The molecule has 210 valence electrons. The van der Waals surface area contributed by atoms with Gasteiger partial charge in [-0.15, -0.1) is 0 Å². The van der Waals surface area contributed by atoms with Gasteiger partial charge in [0.1, 0.15) is 17.1 Å². The number of phenols is 1. The highest BCUT2D eigenvalue weighted by molar-refractivity contribution is 7.92. The van der Waals surface area contributed by atoms with E-state index >= 15 is 0 Å². The summed E-state index contributed by atoms with van der Waals surface area (Å²) in [6.45, 7) is 2.02. The van der Waals surface area contributed by atoms with Crippen LogP contribution in [0.2, 0.25) is 0 Å². The van der Waals surface area contributed by atoms with E-state index in [1.807, 2.05) is 6.92 Å². The van der Waals surface area contributed by atoms with Gasteiger partial charge < -0.3 is 14.7 Å². The number of benzene rings is 2. The molecule has 2 N–H and O–H groups in total. The molecule has 2 aromatic carbocycles. The first-order valence-electron chi connectivity index (χ1n) is 13.0. The number of rotatable bonds is 10. The Hall–Kier alpha value is -4.32. The van der Waals surface area contributed by atoms with Crippen LogP contribution in [0.5, 0.6) is 5.75 Å². The second-order valence-corrected chi connectivity index (χ2v) is 10.9. The van der Waals surface area contributed by atoms with Gasteiger partial charge in [0.05, 0.1) is 16.3 Å². The van der Waals surface area contributed by atoms with Crippen molar-refractivity contribution in [1.82, 2.24) is 9.88 Å². The highest BCUT2D eigenvalue weighted by Gasteiger charge is 2.25. The van der Waals surface area contributed by atoms with Crippen LogP contribution >= 0.6 is 0 Å². The van der Waals surface area contributed by atoms with Crippen molar-refractivity contribution < 1.29 is 27.9 Å². The van der Waals surface area contributed by atoms with Crippen molar-refractivity contribution in [2.24, 2.45) is 10.2 Å². The molecule has 0 unspecified atom stereocenters. The van der Waals surface area contributed by atoms with Gasteiger partial charge in [0.25, 0.3) is 15.9 Å². The zero-order valence-corrected chi connectivity index (χ0v) is 22.9. The van der Waals surface area contributed by atoms with E-state index in [0.717, 1.165) is 25.7 Å². The molecule has 0 saturated heterocycles. The van der Waals surface area contributed by atoms with Gasteiger partial charge in [0.2, 0.25) is 0 Å². The fraction of sp³-hybridized carbons (Fsp3) is 0.321. The van der Waals surface area contributed by atoms with E-state index < -0.39 is 22.6 Å². The van der Waals surface area contributed by atoms with Crippen LogP contribution in [-0.4, -0.2) is 54.5 Å². The lowest BCUT2D eigenvalue weighted by atomic mass is 9.94. The number of hydrogen-bond donors (Lipinski definition) is 2. The molecule has 1 aliphatic carbocycles. The van der Waals surface area contributed by atoms with Crippen LogP contribution in [0, 0.1) is 0 Å². The zero-order valence-electron chi connectivity index (χ0n) is 22.1. The first-order valence-corrected chi connectivity index (χ1v) is 14.5. The maximum atomic E-state index is 12.7. The number of pyridine rings is 1. The standard InChI is InChI=1S/C28H31N5O6S/c1-2-33(22-8-4-3-5-9-22)27(35)19-39-28(36)24-18-21(13-16-25(24)34)31-30-20-11-14-23(15-12-20)40(37,38)32-26-10-6-7-17-29-26/h6-7,10-18,22,34H,2-5,8-9,19H2,1H3,(H,29,32). The number of aromatic hydroxyl groups is 1. The zero-order chi connectivity index (χ0) is 28.5.